The van der Waals surface area contributed by atoms with Crippen LogP contribution in [-0.2, 0) is 9.59 Å². The smallest absolute Gasteiger partial charge is 0.234 e. The first kappa shape index (κ1) is 19.7. The van der Waals surface area contributed by atoms with Crippen LogP contribution in [0.25, 0.3) is 0 Å². The fourth-order valence-corrected chi connectivity index (χ4v) is 2.78. The van der Waals surface area contributed by atoms with Crippen LogP contribution in [0.3, 0.4) is 0 Å². The number of hydrogen-bond acceptors (Lipinski definition) is 5. The number of hydrogen-bond donors (Lipinski definition) is 2. The van der Waals surface area contributed by atoms with Crippen molar-refractivity contribution >= 4 is 35.0 Å². The van der Waals surface area contributed by atoms with Crippen molar-refractivity contribution in [3.8, 4) is 11.5 Å². The Morgan fingerprint density at radius 2 is 1.58 bits per heavy atom. The van der Waals surface area contributed by atoms with Crippen molar-refractivity contribution in [2.75, 3.05) is 36.4 Å². The van der Waals surface area contributed by atoms with Crippen LogP contribution in [0, 0.1) is 6.92 Å². The number of carbonyl (C=O) groups is 2. The second-order valence-electron chi connectivity index (χ2n) is 5.52. The number of carbonyl (C=O) groups excluding carboxylic acids is 2. The summed E-state index contributed by atoms with van der Waals surface area (Å²) in [5, 5.41) is 5.57. The molecule has 7 heteroatoms. The molecule has 0 radical (unpaired) electrons. The maximum absolute atomic E-state index is 12.1. The maximum Gasteiger partial charge on any atom is 0.234 e. The summed E-state index contributed by atoms with van der Waals surface area (Å²) < 4.78 is 10.4. The molecule has 0 atom stereocenters. The molecule has 2 N–H and O–H groups in total. The maximum atomic E-state index is 12.1. The third kappa shape index (κ3) is 6.00. The predicted octanol–water partition coefficient (Wildman–Crippen LogP) is 3.32. The van der Waals surface area contributed by atoms with Crippen molar-refractivity contribution in [1.29, 1.82) is 0 Å². The van der Waals surface area contributed by atoms with Gasteiger partial charge in [0.1, 0.15) is 11.5 Å². The van der Waals surface area contributed by atoms with E-state index in [4.69, 9.17) is 9.47 Å². The van der Waals surface area contributed by atoms with Crippen molar-refractivity contribution in [3.05, 3.63) is 48.0 Å². The normalized spacial score (nSPS) is 10.1. The number of rotatable bonds is 8. The van der Waals surface area contributed by atoms with Gasteiger partial charge in [-0.05, 0) is 31.2 Å². The predicted molar refractivity (Wildman–Crippen MR) is 105 cm³/mol. The van der Waals surface area contributed by atoms with Gasteiger partial charge in [0.05, 0.1) is 31.4 Å². The van der Waals surface area contributed by atoms with Crippen LogP contribution in [0.1, 0.15) is 5.56 Å². The van der Waals surface area contributed by atoms with Gasteiger partial charge in [0, 0.05) is 11.8 Å². The first-order valence-electron chi connectivity index (χ1n) is 7.98. The molecular weight excluding hydrogens is 352 g/mol. The summed E-state index contributed by atoms with van der Waals surface area (Å²) in [4.78, 5) is 24.0. The fourth-order valence-electron chi connectivity index (χ4n) is 2.16. The van der Waals surface area contributed by atoms with E-state index in [2.05, 4.69) is 10.6 Å². The molecule has 138 valence electrons. The molecule has 0 saturated heterocycles. The summed E-state index contributed by atoms with van der Waals surface area (Å²) in [7, 11) is 3.08. The molecule has 6 nitrogen and oxygen atoms in total. The minimum Gasteiger partial charge on any atom is -0.497 e. The van der Waals surface area contributed by atoms with Crippen molar-refractivity contribution in [1.82, 2.24) is 0 Å². The zero-order valence-electron chi connectivity index (χ0n) is 15.0. The Morgan fingerprint density at radius 1 is 0.923 bits per heavy atom. The van der Waals surface area contributed by atoms with E-state index < -0.39 is 0 Å². The van der Waals surface area contributed by atoms with Crippen LogP contribution in [0.5, 0.6) is 11.5 Å². The van der Waals surface area contributed by atoms with Crippen LogP contribution in [0.2, 0.25) is 0 Å². The number of methoxy groups -OCH3 is 2. The fraction of sp³-hybridized carbons (Fsp3) is 0.263. The third-order valence-electron chi connectivity index (χ3n) is 3.48. The number of anilines is 2. The van der Waals surface area contributed by atoms with E-state index in [1.165, 1.54) is 18.9 Å². The van der Waals surface area contributed by atoms with Gasteiger partial charge in [0.25, 0.3) is 0 Å². The minimum atomic E-state index is -0.207. The number of ether oxygens (including phenoxy) is 2. The molecule has 0 aliphatic heterocycles. The van der Waals surface area contributed by atoms with Crippen molar-refractivity contribution in [3.63, 3.8) is 0 Å². The molecule has 0 bridgehead atoms. The van der Waals surface area contributed by atoms with E-state index in [0.29, 0.717) is 17.2 Å². The molecule has 0 spiro atoms. The first-order valence-corrected chi connectivity index (χ1v) is 9.13. The lowest BCUT2D eigenvalue weighted by atomic mass is 10.2. The zero-order valence-corrected chi connectivity index (χ0v) is 15.8. The molecule has 0 fully saturated rings. The number of amides is 2. The zero-order chi connectivity index (χ0) is 18.9. The molecular formula is C19H22N2O4S. The molecule has 2 rings (SSSR count). The summed E-state index contributed by atoms with van der Waals surface area (Å²) >= 11 is 1.24. The number of aryl methyl sites for hydroxylation is 1. The van der Waals surface area contributed by atoms with E-state index >= 15 is 0 Å². The number of benzene rings is 2. The summed E-state index contributed by atoms with van der Waals surface area (Å²) in [6.07, 6.45) is 0. The molecule has 0 saturated carbocycles. The Morgan fingerprint density at radius 3 is 2.19 bits per heavy atom. The number of thioether (sulfide) groups is 1. The SMILES string of the molecule is COc1ccc(NC(=O)CSCC(=O)Nc2ccc(C)cc2)c(OC)c1. The Hall–Kier alpha value is -2.67. The second-order valence-corrected chi connectivity index (χ2v) is 6.51. The largest absolute Gasteiger partial charge is 0.497 e. The Bertz CT molecular complexity index is 763. The average Bonchev–Trinajstić information content (AvgIpc) is 2.64. The van der Waals surface area contributed by atoms with Crippen LogP contribution in [0.4, 0.5) is 11.4 Å². The first-order chi connectivity index (χ1) is 12.5. The highest BCUT2D eigenvalue weighted by Crippen LogP contribution is 2.29. The quantitative estimate of drug-likeness (QED) is 0.741. The van der Waals surface area contributed by atoms with Gasteiger partial charge in [0.2, 0.25) is 11.8 Å². The molecule has 0 aliphatic rings. The van der Waals surface area contributed by atoms with E-state index in [1.54, 1.807) is 25.3 Å². The molecule has 26 heavy (non-hydrogen) atoms. The molecule has 0 aromatic heterocycles. The van der Waals surface area contributed by atoms with E-state index in [1.807, 2.05) is 31.2 Å². The van der Waals surface area contributed by atoms with Gasteiger partial charge < -0.3 is 20.1 Å². The molecule has 2 aromatic rings. The third-order valence-corrected chi connectivity index (χ3v) is 4.42. The van der Waals surface area contributed by atoms with Gasteiger partial charge in [-0.1, -0.05) is 17.7 Å². The van der Waals surface area contributed by atoms with Crippen molar-refractivity contribution in [2.45, 2.75) is 6.92 Å². The average molecular weight is 374 g/mol. The molecule has 2 amide bonds. The van der Waals surface area contributed by atoms with E-state index in [-0.39, 0.29) is 23.3 Å². The molecule has 0 unspecified atom stereocenters. The van der Waals surface area contributed by atoms with Gasteiger partial charge >= 0.3 is 0 Å². The lowest BCUT2D eigenvalue weighted by molar-refractivity contribution is -0.114. The lowest BCUT2D eigenvalue weighted by Gasteiger charge is -2.11. The van der Waals surface area contributed by atoms with E-state index in [9.17, 15) is 9.59 Å². The highest BCUT2D eigenvalue weighted by atomic mass is 32.2. The van der Waals surface area contributed by atoms with Crippen LogP contribution >= 0.6 is 11.8 Å². The summed E-state index contributed by atoms with van der Waals surface area (Å²) in [5.74, 6) is 1.16. The van der Waals surface area contributed by atoms with Crippen LogP contribution in [0.15, 0.2) is 42.5 Å². The monoisotopic (exact) mass is 374 g/mol. The van der Waals surface area contributed by atoms with Gasteiger partial charge in [0.15, 0.2) is 0 Å². The van der Waals surface area contributed by atoms with Gasteiger partial charge in [-0.15, -0.1) is 11.8 Å². The summed E-state index contributed by atoms with van der Waals surface area (Å²) in [6.45, 7) is 1.98. The summed E-state index contributed by atoms with van der Waals surface area (Å²) in [6, 6.07) is 12.7. The van der Waals surface area contributed by atoms with Crippen LogP contribution in [-0.4, -0.2) is 37.5 Å². The lowest BCUT2D eigenvalue weighted by Crippen LogP contribution is -2.18. The Kier molecular flexibility index (Phi) is 7.35. The molecule has 2 aromatic carbocycles. The van der Waals surface area contributed by atoms with Gasteiger partial charge in [-0.25, -0.2) is 0 Å². The summed E-state index contributed by atoms with van der Waals surface area (Å²) in [5.41, 5.74) is 2.43. The Balaban J connectivity index is 1.78. The van der Waals surface area contributed by atoms with Gasteiger partial charge in [-0.2, -0.15) is 0 Å². The number of nitrogens with one attached hydrogen (secondary N) is 2. The topological polar surface area (TPSA) is 76.7 Å². The van der Waals surface area contributed by atoms with Crippen LogP contribution < -0.4 is 20.1 Å². The minimum absolute atomic E-state index is 0.145. The highest BCUT2D eigenvalue weighted by molar-refractivity contribution is 8.00. The molecule has 0 aliphatic carbocycles. The van der Waals surface area contributed by atoms with E-state index in [0.717, 1.165) is 11.3 Å². The van der Waals surface area contributed by atoms with Crippen molar-refractivity contribution < 1.29 is 19.1 Å². The standard InChI is InChI=1S/C19H22N2O4S/c1-13-4-6-14(7-5-13)20-18(22)11-26-12-19(23)21-16-9-8-15(24-2)10-17(16)25-3/h4-10H,11-12H2,1-3H3,(H,20,22)(H,21,23). The van der Waals surface area contributed by atoms with Gasteiger partial charge in [-0.3, -0.25) is 9.59 Å². The molecule has 0 heterocycles. The Labute approximate surface area is 157 Å². The highest BCUT2D eigenvalue weighted by Gasteiger charge is 2.10. The second kappa shape index (κ2) is 9.72. The van der Waals surface area contributed by atoms with Crippen molar-refractivity contribution in [2.24, 2.45) is 0 Å².